The van der Waals surface area contributed by atoms with Crippen LogP contribution in [0.15, 0.2) is 0 Å². The zero-order valence-corrected chi connectivity index (χ0v) is 15.1. The lowest BCUT2D eigenvalue weighted by molar-refractivity contribution is -0.170. The number of nitrogens with zero attached hydrogens (tertiary/aromatic N) is 1. The van der Waals surface area contributed by atoms with E-state index in [0.717, 1.165) is 38.3 Å². The first-order valence-corrected chi connectivity index (χ1v) is 9.91. The Morgan fingerprint density at radius 1 is 1.00 bits per heavy atom. The van der Waals surface area contributed by atoms with Crippen molar-refractivity contribution in [1.82, 2.24) is 10.2 Å². The maximum atomic E-state index is 13.1. The van der Waals surface area contributed by atoms with Crippen molar-refractivity contribution in [3.8, 4) is 0 Å². The normalized spacial score (nSPS) is 46.1. The van der Waals surface area contributed by atoms with Crippen molar-refractivity contribution in [1.29, 1.82) is 0 Å². The maximum absolute atomic E-state index is 13.1. The molecule has 5 fully saturated rings. The van der Waals surface area contributed by atoms with Gasteiger partial charge in [0, 0.05) is 13.1 Å². The molecule has 4 aliphatic carbocycles. The van der Waals surface area contributed by atoms with Crippen molar-refractivity contribution >= 4 is 5.91 Å². The summed E-state index contributed by atoms with van der Waals surface area (Å²) in [6, 6.07) is 0. The van der Waals surface area contributed by atoms with Gasteiger partial charge in [0.05, 0.1) is 5.41 Å². The number of carbonyl (C=O) groups is 1. The van der Waals surface area contributed by atoms with Crippen LogP contribution in [-0.4, -0.2) is 37.0 Å². The third-order valence-electron chi connectivity index (χ3n) is 7.27. The number of carbonyl (C=O) groups excluding carboxylic acids is 1. The Bertz CT molecular complexity index is 464. The number of likely N-dealkylation sites (tertiary alicyclic amines) is 1. The molecule has 1 heterocycles. The van der Waals surface area contributed by atoms with Gasteiger partial charge in [-0.2, -0.15) is 0 Å². The fraction of sp³-hybridized carbons (Fsp3) is 0.950. The summed E-state index contributed by atoms with van der Waals surface area (Å²) in [6.45, 7) is 9.23. The molecule has 0 aromatic carbocycles. The minimum atomic E-state index is -0.0369. The Morgan fingerprint density at radius 2 is 1.65 bits per heavy atom. The molecule has 23 heavy (non-hydrogen) atoms. The molecule has 0 radical (unpaired) electrons. The van der Waals surface area contributed by atoms with Crippen LogP contribution in [-0.2, 0) is 4.79 Å². The number of amides is 1. The highest BCUT2D eigenvalue weighted by Gasteiger charge is 2.62. The van der Waals surface area contributed by atoms with E-state index in [-0.39, 0.29) is 5.41 Å². The first-order chi connectivity index (χ1) is 10.9. The monoisotopic (exact) mass is 318 g/mol. The second-order valence-electron chi connectivity index (χ2n) is 10.1. The van der Waals surface area contributed by atoms with E-state index in [2.05, 4.69) is 24.1 Å². The molecule has 2 unspecified atom stereocenters. The van der Waals surface area contributed by atoms with Gasteiger partial charge in [0.25, 0.3) is 0 Å². The number of piperidine rings is 1. The molecule has 1 aliphatic heterocycles. The number of nitrogens with one attached hydrogen (secondary N) is 1. The highest BCUT2D eigenvalue weighted by Crippen LogP contribution is 2.69. The van der Waals surface area contributed by atoms with Gasteiger partial charge in [-0.15, -0.1) is 0 Å². The second kappa shape index (κ2) is 5.47. The van der Waals surface area contributed by atoms with Gasteiger partial charge in [-0.3, -0.25) is 4.79 Å². The molecule has 5 aliphatic rings. The molecule has 0 aromatic heterocycles. The van der Waals surface area contributed by atoms with Crippen molar-refractivity contribution in [2.75, 3.05) is 26.2 Å². The Balaban J connectivity index is 1.38. The minimum Gasteiger partial charge on any atom is -0.354 e. The Labute approximate surface area is 141 Å². The van der Waals surface area contributed by atoms with Gasteiger partial charge < -0.3 is 10.2 Å². The second-order valence-corrected chi connectivity index (χ2v) is 10.1. The average molecular weight is 319 g/mol. The summed E-state index contributed by atoms with van der Waals surface area (Å²) in [7, 11) is 0. The fourth-order valence-electron chi connectivity index (χ4n) is 7.40. The summed E-state index contributed by atoms with van der Waals surface area (Å²) >= 11 is 0. The lowest BCUT2D eigenvalue weighted by Crippen LogP contribution is -2.60. The average Bonchev–Trinajstić information content (AvgIpc) is 2.44. The zero-order chi connectivity index (χ0) is 16.1. The highest BCUT2D eigenvalue weighted by molar-refractivity contribution is 5.83. The van der Waals surface area contributed by atoms with E-state index in [9.17, 15) is 4.79 Å². The molecule has 1 amide bonds. The van der Waals surface area contributed by atoms with Gasteiger partial charge in [0.15, 0.2) is 0 Å². The standard InChI is InChI=1S/C20H34N2O/c1-18-10-16-11-19(2,13-18)15-20(12-16,14-18)17(23)21-6-9-22-7-4-3-5-8-22/h16H,3-15H2,1-2H3,(H,21,23)/t16?,18-,19+,20?. The SMILES string of the molecule is C[C@]12CC3CC(C(=O)NCCN4CCCCC4)(C1)C[C@@](C)(C3)C2. The summed E-state index contributed by atoms with van der Waals surface area (Å²) in [5.74, 6) is 1.19. The summed E-state index contributed by atoms with van der Waals surface area (Å²) < 4.78 is 0. The first kappa shape index (κ1) is 15.9. The molecule has 0 aromatic rings. The van der Waals surface area contributed by atoms with Crippen LogP contribution in [0.1, 0.15) is 71.6 Å². The molecular weight excluding hydrogens is 284 g/mol. The topological polar surface area (TPSA) is 32.3 Å². The van der Waals surface area contributed by atoms with E-state index in [1.807, 2.05) is 0 Å². The molecular formula is C20H34N2O. The summed E-state index contributed by atoms with van der Waals surface area (Å²) in [4.78, 5) is 15.6. The Morgan fingerprint density at radius 3 is 2.26 bits per heavy atom. The molecule has 0 spiro atoms. The predicted octanol–water partition coefficient (Wildman–Crippen LogP) is 3.59. The van der Waals surface area contributed by atoms with E-state index in [4.69, 9.17) is 0 Å². The minimum absolute atomic E-state index is 0.0369. The molecule has 4 atom stereocenters. The lowest BCUT2D eigenvalue weighted by Gasteiger charge is -2.64. The molecule has 1 saturated heterocycles. The molecule has 4 saturated carbocycles. The van der Waals surface area contributed by atoms with Crippen molar-refractivity contribution in [2.45, 2.75) is 71.6 Å². The van der Waals surface area contributed by atoms with E-state index in [0.29, 0.717) is 16.7 Å². The zero-order valence-electron chi connectivity index (χ0n) is 15.1. The molecule has 3 nitrogen and oxygen atoms in total. The smallest absolute Gasteiger partial charge is 0.226 e. The third kappa shape index (κ3) is 2.94. The predicted molar refractivity (Wildman–Crippen MR) is 93.1 cm³/mol. The van der Waals surface area contributed by atoms with Gasteiger partial charge in [0.2, 0.25) is 5.91 Å². The largest absolute Gasteiger partial charge is 0.354 e. The van der Waals surface area contributed by atoms with Crippen LogP contribution in [0.5, 0.6) is 0 Å². The fourth-order valence-corrected chi connectivity index (χ4v) is 7.40. The van der Waals surface area contributed by atoms with Gasteiger partial charge >= 0.3 is 0 Å². The lowest BCUT2D eigenvalue weighted by atomic mass is 9.40. The van der Waals surface area contributed by atoms with Crippen molar-refractivity contribution in [2.24, 2.45) is 22.2 Å². The Kier molecular flexibility index (Phi) is 3.79. The number of hydrogen-bond acceptors (Lipinski definition) is 2. The quantitative estimate of drug-likeness (QED) is 0.859. The molecule has 1 N–H and O–H groups in total. The molecule has 4 bridgehead atoms. The van der Waals surface area contributed by atoms with Crippen LogP contribution < -0.4 is 5.32 Å². The molecule has 130 valence electrons. The van der Waals surface area contributed by atoms with Crippen LogP contribution in [0.2, 0.25) is 0 Å². The summed E-state index contributed by atoms with van der Waals surface area (Å²) in [5.41, 5.74) is 0.821. The van der Waals surface area contributed by atoms with Crippen molar-refractivity contribution in [3.05, 3.63) is 0 Å². The number of hydrogen-bond donors (Lipinski definition) is 1. The summed E-state index contributed by atoms with van der Waals surface area (Å²) in [6.07, 6.45) is 11.6. The van der Waals surface area contributed by atoms with E-state index in [1.165, 1.54) is 51.6 Å². The van der Waals surface area contributed by atoms with E-state index in [1.54, 1.807) is 0 Å². The van der Waals surface area contributed by atoms with Gasteiger partial charge in [-0.25, -0.2) is 0 Å². The molecule has 3 heteroatoms. The van der Waals surface area contributed by atoms with Crippen LogP contribution in [0, 0.1) is 22.2 Å². The third-order valence-corrected chi connectivity index (χ3v) is 7.27. The van der Waals surface area contributed by atoms with E-state index >= 15 is 0 Å². The van der Waals surface area contributed by atoms with Gasteiger partial charge in [0.1, 0.15) is 0 Å². The molecule has 5 rings (SSSR count). The summed E-state index contributed by atoms with van der Waals surface area (Å²) in [5, 5.41) is 3.34. The highest BCUT2D eigenvalue weighted by atomic mass is 16.2. The van der Waals surface area contributed by atoms with E-state index < -0.39 is 0 Å². The van der Waals surface area contributed by atoms with Crippen LogP contribution >= 0.6 is 0 Å². The first-order valence-electron chi connectivity index (χ1n) is 9.91. The van der Waals surface area contributed by atoms with Crippen molar-refractivity contribution in [3.63, 3.8) is 0 Å². The van der Waals surface area contributed by atoms with Crippen molar-refractivity contribution < 1.29 is 4.79 Å². The Hall–Kier alpha value is -0.570. The van der Waals surface area contributed by atoms with Gasteiger partial charge in [-0.05, 0) is 81.2 Å². The van der Waals surface area contributed by atoms with Gasteiger partial charge in [-0.1, -0.05) is 20.3 Å². The van der Waals surface area contributed by atoms with Crippen LogP contribution in [0.3, 0.4) is 0 Å². The van der Waals surface area contributed by atoms with Crippen LogP contribution in [0.4, 0.5) is 0 Å². The van der Waals surface area contributed by atoms with Crippen LogP contribution in [0.25, 0.3) is 0 Å². The maximum Gasteiger partial charge on any atom is 0.226 e. The number of rotatable bonds is 4.